The summed E-state index contributed by atoms with van der Waals surface area (Å²) < 4.78 is 0. The van der Waals surface area contributed by atoms with Crippen molar-refractivity contribution in [1.29, 1.82) is 0 Å². The predicted molar refractivity (Wildman–Crippen MR) is 33.1 cm³/mol. The van der Waals surface area contributed by atoms with E-state index in [0.29, 0.717) is 0 Å². The van der Waals surface area contributed by atoms with Crippen molar-refractivity contribution < 1.29 is 20.0 Å². The number of hydrogen-bond acceptors (Lipinski definition) is 4. The van der Waals surface area contributed by atoms with Crippen LogP contribution in [0.3, 0.4) is 0 Å². The van der Waals surface area contributed by atoms with Crippen molar-refractivity contribution in [2.24, 2.45) is 0 Å². The zero-order valence-corrected chi connectivity index (χ0v) is 6.02. The first-order valence-electron chi connectivity index (χ1n) is 3.31. The largest absolute Gasteiger partial charge is 0.387 e. The van der Waals surface area contributed by atoms with E-state index in [1.807, 2.05) is 0 Å². The zero-order valence-electron chi connectivity index (χ0n) is 6.02. The van der Waals surface area contributed by atoms with Crippen LogP contribution in [-0.2, 0) is 9.78 Å². The van der Waals surface area contributed by atoms with Gasteiger partial charge >= 0.3 is 0 Å². The molecular formula is C6H12O4. The Morgan fingerprint density at radius 1 is 0.900 bits per heavy atom. The molecule has 0 saturated carbocycles. The zero-order chi connectivity index (χ0) is 7.72. The molecule has 1 fully saturated rings. The molecule has 60 valence electrons. The molecule has 0 bridgehead atoms. The van der Waals surface area contributed by atoms with Crippen LogP contribution in [0.5, 0.6) is 0 Å². The molecule has 0 aliphatic carbocycles. The Hall–Kier alpha value is -0.160. The second-order valence-electron chi connectivity index (χ2n) is 2.58. The van der Waals surface area contributed by atoms with Gasteiger partial charge in [-0.05, 0) is 13.8 Å². The minimum atomic E-state index is -0.844. The predicted octanol–water partition coefficient (Wildman–Crippen LogP) is -0.553. The molecule has 4 atom stereocenters. The van der Waals surface area contributed by atoms with Gasteiger partial charge in [-0.15, -0.1) is 0 Å². The fourth-order valence-electron chi connectivity index (χ4n) is 0.844. The fraction of sp³-hybridized carbons (Fsp3) is 1.00. The van der Waals surface area contributed by atoms with E-state index in [-0.39, 0.29) is 0 Å². The Bertz CT molecular complexity index is 102. The molecule has 0 aromatic heterocycles. The van der Waals surface area contributed by atoms with E-state index < -0.39 is 24.4 Å². The van der Waals surface area contributed by atoms with Gasteiger partial charge in [0.1, 0.15) is 24.4 Å². The third-order valence-corrected chi connectivity index (χ3v) is 1.67. The Kier molecular flexibility index (Phi) is 2.25. The first-order valence-corrected chi connectivity index (χ1v) is 3.31. The maximum absolute atomic E-state index is 9.16. The van der Waals surface area contributed by atoms with Gasteiger partial charge in [-0.1, -0.05) is 0 Å². The van der Waals surface area contributed by atoms with Crippen LogP contribution in [0, 0.1) is 0 Å². The van der Waals surface area contributed by atoms with Gasteiger partial charge in [0.25, 0.3) is 0 Å². The van der Waals surface area contributed by atoms with E-state index >= 15 is 0 Å². The van der Waals surface area contributed by atoms with Crippen LogP contribution in [0.1, 0.15) is 13.8 Å². The highest BCUT2D eigenvalue weighted by Crippen LogP contribution is 2.16. The molecule has 4 heteroatoms. The summed E-state index contributed by atoms with van der Waals surface area (Å²) >= 11 is 0. The van der Waals surface area contributed by atoms with Gasteiger partial charge in [0.15, 0.2) is 0 Å². The minimum absolute atomic E-state index is 0.453. The monoisotopic (exact) mass is 148 g/mol. The van der Waals surface area contributed by atoms with Crippen molar-refractivity contribution in [2.75, 3.05) is 0 Å². The molecule has 1 aliphatic heterocycles. The molecule has 0 radical (unpaired) electrons. The van der Waals surface area contributed by atoms with Gasteiger partial charge in [0, 0.05) is 0 Å². The highest BCUT2D eigenvalue weighted by atomic mass is 17.2. The van der Waals surface area contributed by atoms with Gasteiger partial charge in [-0.3, -0.25) is 0 Å². The number of hydrogen-bond donors (Lipinski definition) is 2. The van der Waals surface area contributed by atoms with Crippen LogP contribution in [-0.4, -0.2) is 34.6 Å². The van der Waals surface area contributed by atoms with Crippen LogP contribution >= 0.6 is 0 Å². The van der Waals surface area contributed by atoms with Crippen LogP contribution in [0.25, 0.3) is 0 Å². The normalized spacial score (nSPS) is 49.2. The smallest absolute Gasteiger partial charge is 0.119 e. The highest BCUT2D eigenvalue weighted by Gasteiger charge is 2.34. The van der Waals surface area contributed by atoms with E-state index in [1.165, 1.54) is 0 Å². The quantitative estimate of drug-likeness (QED) is 0.452. The van der Waals surface area contributed by atoms with E-state index in [9.17, 15) is 0 Å². The van der Waals surface area contributed by atoms with E-state index in [1.54, 1.807) is 13.8 Å². The van der Waals surface area contributed by atoms with Crippen LogP contribution in [0.2, 0.25) is 0 Å². The molecule has 1 aliphatic rings. The summed E-state index contributed by atoms with van der Waals surface area (Å²) in [7, 11) is 0. The summed E-state index contributed by atoms with van der Waals surface area (Å²) in [6.45, 7) is 3.28. The highest BCUT2D eigenvalue weighted by molar-refractivity contribution is 4.79. The third kappa shape index (κ3) is 1.29. The summed E-state index contributed by atoms with van der Waals surface area (Å²) in [6.07, 6.45) is -2.59. The summed E-state index contributed by atoms with van der Waals surface area (Å²) in [6, 6.07) is 0. The Morgan fingerprint density at radius 3 is 1.50 bits per heavy atom. The van der Waals surface area contributed by atoms with E-state index in [2.05, 4.69) is 9.78 Å². The molecule has 4 nitrogen and oxygen atoms in total. The lowest BCUT2D eigenvalue weighted by Gasteiger charge is -2.32. The maximum atomic E-state index is 9.16. The lowest BCUT2D eigenvalue weighted by atomic mass is 10.0. The number of rotatable bonds is 0. The number of aliphatic hydroxyl groups excluding tert-OH is 2. The molecule has 0 aromatic rings. The Morgan fingerprint density at radius 2 is 1.20 bits per heavy atom. The molecule has 0 unspecified atom stereocenters. The average molecular weight is 148 g/mol. The van der Waals surface area contributed by atoms with Crippen LogP contribution < -0.4 is 0 Å². The molecule has 0 spiro atoms. The fourth-order valence-corrected chi connectivity index (χ4v) is 0.844. The topological polar surface area (TPSA) is 58.9 Å². The average Bonchev–Trinajstić information content (AvgIpc) is 1.93. The second-order valence-corrected chi connectivity index (χ2v) is 2.58. The summed E-state index contributed by atoms with van der Waals surface area (Å²) in [5.74, 6) is 0. The van der Waals surface area contributed by atoms with Crippen molar-refractivity contribution in [3.05, 3.63) is 0 Å². The van der Waals surface area contributed by atoms with Gasteiger partial charge in [-0.2, -0.15) is 0 Å². The molecule has 10 heavy (non-hydrogen) atoms. The van der Waals surface area contributed by atoms with Gasteiger partial charge in [0.2, 0.25) is 0 Å². The van der Waals surface area contributed by atoms with E-state index in [0.717, 1.165) is 0 Å². The summed E-state index contributed by atoms with van der Waals surface area (Å²) in [4.78, 5) is 9.33. The van der Waals surface area contributed by atoms with Gasteiger partial charge in [-0.25, -0.2) is 9.78 Å². The van der Waals surface area contributed by atoms with Crippen LogP contribution in [0.15, 0.2) is 0 Å². The van der Waals surface area contributed by atoms with Gasteiger partial charge < -0.3 is 10.2 Å². The SMILES string of the molecule is C[C@@H]1OO[C@H](C)[C@@H](O)[C@H]1O. The van der Waals surface area contributed by atoms with Crippen LogP contribution in [0.4, 0.5) is 0 Å². The Labute approximate surface area is 59.3 Å². The van der Waals surface area contributed by atoms with Crippen molar-refractivity contribution >= 4 is 0 Å². The third-order valence-electron chi connectivity index (χ3n) is 1.67. The lowest BCUT2D eigenvalue weighted by molar-refractivity contribution is -0.405. The molecule has 1 heterocycles. The molecule has 1 saturated heterocycles. The molecule has 1 rings (SSSR count). The Balaban J connectivity index is 2.52. The molecule has 0 amide bonds. The van der Waals surface area contributed by atoms with Gasteiger partial charge in [0.05, 0.1) is 0 Å². The number of aliphatic hydroxyl groups is 2. The standard InChI is InChI=1S/C6H12O4/c1-3-5(7)6(8)4(2)10-9-3/h3-8H,1-2H3/t3-,4+,5-,6+. The second kappa shape index (κ2) is 2.84. The van der Waals surface area contributed by atoms with Crippen molar-refractivity contribution in [3.63, 3.8) is 0 Å². The van der Waals surface area contributed by atoms with Crippen molar-refractivity contribution in [3.8, 4) is 0 Å². The summed E-state index contributed by atoms with van der Waals surface area (Å²) in [5.41, 5.74) is 0. The molecule has 2 N–H and O–H groups in total. The van der Waals surface area contributed by atoms with Crippen molar-refractivity contribution in [1.82, 2.24) is 0 Å². The maximum Gasteiger partial charge on any atom is 0.119 e. The lowest BCUT2D eigenvalue weighted by Crippen LogP contribution is -2.49. The first-order chi connectivity index (χ1) is 4.63. The summed E-state index contributed by atoms with van der Waals surface area (Å²) in [5, 5.41) is 18.3. The molecule has 0 aromatic carbocycles. The van der Waals surface area contributed by atoms with Crippen molar-refractivity contribution in [2.45, 2.75) is 38.3 Å². The minimum Gasteiger partial charge on any atom is -0.387 e. The first kappa shape index (κ1) is 7.94. The molecular weight excluding hydrogens is 136 g/mol. The van der Waals surface area contributed by atoms with E-state index in [4.69, 9.17) is 10.2 Å².